The van der Waals surface area contributed by atoms with Crippen LogP contribution in [0.25, 0.3) is 0 Å². The first-order chi connectivity index (χ1) is 7.59. The van der Waals surface area contributed by atoms with Crippen molar-refractivity contribution in [2.24, 2.45) is 11.7 Å². The maximum absolute atomic E-state index is 13.3. The van der Waals surface area contributed by atoms with Crippen LogP contribution in [-0.2, 0) is 0 Å². The van der Waals surface area contributed by atoms with E-state index in [0.717, 1.165) is 12.8 Å². The second kappa shape index (κ2) is 6.03. The van der Waals surface area contributed by atoms with E-state index in [2.05, 4.69) is 15.9 Å². The number of rotatable bonds is 2. The van der Waals surface area contributed by atoms with E-state index in [1.165, 1.54) is 25.0 Å². The Kier molecular flexibility index (Phi) is 5.22. The van der Waals surface area contributed by atoms with Crippen LogP contribution in [0, 0.1) is 11.7 Å². The lowest BCUT2D eigenvalue weighted by atomic mass is 9.92. The Balaban J connectivity index is 0.00000144. The Morgan fingerprint density at radius 3 is 2.53 bits per heavy atom. The van der Waals surface area contributed by atoms with Crippen molar-refractivity contribution < 1.29 is 9.50 Å². The van der Waals surface area contributed by atoms with Crippen molar-refractivity contribution in [3.8, 4) is 5.75 Å². The minimum Gasteiger partial charge on any atom is -0.506 e. The van der Waals surface area contributed by atoms with E-state index < -0.39 is 0 Å². The molecule has 2 nitrogen and oxygen atoms in total. The third-order valence-corrected chi connectivity index (χ3v) is 3.93. The van der Waals surface area contributed by atoms with E-state index in [1.807, 2.05) is 0 Å². The van der Waals surface area contributed by atoms with E-state index >= 15 is 0 Å². The van der Waals surface area contributed by atoms with E-state index in [1.54, 1.807) is 0 Å². The first kappa shape index (κ1) is 14.7. The zero-order chi connectivity index (χ0) is 11.7. The quantitative estimate of drug-likeness (QED) is 0.866. The summed E-state index contributed by atoms with van der Waals surface area (Å²) in [6.07, 6.45) is 4.48. The predicted molar refractivity (Wildman–Crippen MR) is 71.9 cm³/mol. The summed E-state index contributed by atoms with van der Waals surface area (Å²) in [5, 5.41) is 9.86. The Hall–Kier alpha value is -0.320. The molecule has 1 aromatic rings. The molecule has 0 heterocycles. The summed E-state index contributed by atoms with van der Waals surface area (Å²) in [5.41, 5.74) is 6.60. The summed E-state index contributed by atoms with van der Waals surface area (Å²) in [4.78, 5) is 0. The summed E-state index contributed by atoms with van der Waals surface area (Å²) in [6.45, 7) is 0. The molecule has 0 radical (unpaired) electrons. The molecule has 0 amide bonds. The third kappa shape index (κ3) is 3.12. The standard InChI is InChI=1S/C12H15BrFNO.ClH/c13-10-6-8(14)5-9(12(10)16)11(15)7-3-1-2-4-7;/h5-7,11,16H,1-4,15H2;1H/t11-;/m0./s1. The van der Waals surface area contributed by atoms with E-state index in [9.17, 15) is 9.50 Å². The van der Waals surface area contributed by atoms with Gasteiger partial charge in [0, 0.05) is 11.6 Å². The summed E-state index contributed by atoms with van der Waals surface area (Å²) in [6, 6.07) is 2.32. The highest BCUT2D eigenvalue weighted by Gasteiger charge is 2.26. The largest absolute Gasteiger partial charge is 0.506 e. The normalized spacial score (nSPS) is 17.8. The zero-order valence-electron chi connectivity index (χ0n) is 9.33. The second-order valence-electron chi connectivity index (χ2n) is 4.40. The molecule has 1 aliphatic carbocycles. The summed E-state index contributed by atoms with van der Waals surface area (Å²) < 4.78 is 13.6. The van der Waals surface area contributed by atoms with Gasteiger partial charge in [0.1, 0.15) is 11.6 Å². The first-order valence-electron chi connectivity index (χ1n) is 5.53. The van der Waals surface area contributed by atoms with Gasteiger partial charge in [0.05, 0.1) is 4.47 Å². The minimum absolute atomic E-state index is 0. The van der Waals surface area contributed by atoms with Crippen LogP contribution < -0.4 is 5.73 Å². The van der Waals surface area contributed by atoms with E-state index in [4.69, 9.17) is 5.73 Å². The average Bonchev–Trinajstić information content (AvgIpc) is 2.75. The fourth-order valence-corrected chi connectivity index (χ4v) is 2.86. The molecule has 1 saturated carbocycles. The fourth-order valence-electron chi connectivity index (χ4n) is 2.41. The van der Waals surface area contributed by atoms with Gasteiger partial charge >= 0.3 is 0 Å². The van der Waals surface area contributed by atoms with Crippen molar-refractivity contribution in [2.45, 2.75) is 31.7 Å². The number of phenols is 1. The number of benzene rings is 1. The van der Waals surface area contributed by atoms with Gasteiger partial charge in [0.15, 0.2) is 0 Å². The molecule has 17 heavy (non-hydrogen) atoms. The van der Waals surface area contributed by atoms with Gasteiger partial charge in [0.2, 0.25) is 0 Å². The lowest BCUT2D eigenvalue weighted by Gasteiger charge is -2.20. The molecule has 1 atom stereocenters. The number of hydrogen-bond acceptors (Lipinski definition) is 2. The molecule has 1 aromatic carbocycles. The lowest BCUT2D eigenvalue weighted by Crippen LogP contribution is -2.19. The van der Waals surface area contributed by atoms with Crippen LogP contribution in [0.15, 0.2) is 16.6 Å². The van der Waals surface area contributed by atoms with Crippen LogP contribution in [0.1, 0.15) is 37.3 Å². The van der Waals surface area contributed by atoms with Crippen molar-refractivity contribution in [2.75, 3.05) is 0 Å². The van der Waals surface area contributed by atoms with Gasteiger partial charge in [-0.25, -0.2) is 4.39 Å². The van der Waals surface area contributed by atoms with Gasteiger partial charge in [0.25, 0.3) is 0 Å². The summed E-state index contributed by atoms with van der Waals surface area (Å²) in [7, 11) is 0. The smallest absolute Gasteiger partial charge is 0.134 e. The van der Waals surface area contributed by atoms with Crippen molar-refractivity contribution in [3.05, 3.63) is 28.0 Å². The maximum Gasteiger partial charge on any atom is 0.134 e. The van der Waals surface area contributed by atoms with Crippen LogP contribution >= 0.6 is 28.3 Å². The molecule has 3 N–H and O–H groups in total. The fraction of sp³-hybridized carbons (Fsp3) is 0.500. The topological polar surface area (TPSA) is 46.2 Å². The molecule has 0 aliphatic heterocycles. The van der Waals surface area contributed by atoms with Crippen molar-refractivity contribution >= 4 is 28.3 Å². The second-order valence-corrected chi connectivity index (χ2v) is 5.25. The lowest BCUT2D eigenvalue weighted by molar-refractivity contribution is 0.408. The molecular weight excluding hydrogens is 308 g/mol. The molecule has 96 valence electrons. The molecule has 0 bridgehead atoms. The highest BCUT2D eigenvalue weighted by Crippen LogP contribution is 2.40. The van der Waals surface area contributed by atoms with Crippen LogP contribution in [0.5, 0.6) is 5.75 Å². The van der Waals surface area contributed by atoms with E-state index in [0.29, 0.717) is 16.0 Å². The SMILES string of the molecule is Cl.N[C@H](c1cc(F)cc(Br)c1O)C1CCCC1. The van der Waals surface area contributed by atoms with Crippen molar-refractivity contribution in [3.63, 3.8) is 0 Å². The molecular formula is C12H16BrClFNO. The first-order valence-corrected chi connectivity index (χ1v) is 6.32. The molecule has 2 rings (SSSR count). The molecule has 0 unspecified atom stereocenters. The van der Waals surface area contributed by atoms with Gasteiger partial charge in [-0.2, -0.15) is 0 Å². The van der Waals surface area contributed by atoms with E-state index in [-0.39, 0.29) is 30.0 Å². The predicted octanol–water partition coefficient (Wildman–Crippen LogP) is 3.91. The van der Waals surface area contributed by atoms with Crippen molar-refractivity contribution in [1.82, 2.24) is 0 Å². The van der Waals surface area contributed by atoms with Gasteiger partial charge in [-0.15, -0.1) is 12.4 Å². The molecule has 1 fully saturated rings. The Labute approximate surface area is 115 Å². The van der Waals surface area contributed by atoms with Gasteiger partial charge in [-0.3, -0.25) is 0 Å². The number of halogens is 3. The summed E-state index contributed by atoms with van der Waals surface area (Å²) in [5.74, 6) is 0.0634. The van der Waals surface area contributed by atoms with Gasteiger partial charge in [-0.05, 0) is 46.8 Å². The highest BCUT2D eigenvalue weighted by molar-refractivity contribution is 9.10. The van der Waals surface area contributed by atoms with Crippen LogP contribution in [0.2, 0.25) is 0 Å². The number of phenolic OH excluding ortho intramolecular Hbond substituents is 1. The van der Waals surface area contributed by atoms with Crippen molar-refractivity contribution in [1.29, 1.82) is 0 Å². The number of aromatic hydroxyl groups is 1. The Morgan fingerprint density at radius 2 is 1.94 bits per heavy atom. The number of nitrogens with two attached hydrogens (primary N) is 1. The molecule has 0 saturated heterocycles. The van der Waals surface area contributed by atoms with Gasteiger partial charge < -0.3 is 10.8 Å². The Morgan fingerprint density at radius 1 is 1.35 bits per heavy atom. The van der Waals surface area contributed by atoms with Crippen LogP contribution in [0.4, 0.5) is 4.39 Å². The molecule has 1 aliphatic rings. The van der Waals surface area contributed by atoms with Gasteiger partial charge in [-0.1, -0.05) is 12.8 Å². The average molecular weight is 325 g/mol. The van der Waals surface area contributed by atoms with Crippen LogP contribution in [0.3, 0.4) is 0 Å². The minimum atomic E-state index is -0.367. The van der Waals surface area contributed by atoms with Crippen LogP contribution in [-0.4, -0.2) is 5.11 Å². The number of hydrogen-bond donors (Lipinski definition) is 2. The summed E-state index contributed by atoms with van der Waals surface area (Å²) >= 11 is 3.13. The third-order valence-electron chi connectivity index (χ3n) is 3.32. The molecule has 0 spiro atoms. The monoisotopic (exact) mass is 323 g/mol. The highest BCUT2D eigenvalue weighted by atomic mass is 79.9. The molecule has 0 aromatic heterocycles. The Bertz CT molecular complexity index is 396. The maximum atomic E-state index is 13.3. The zero-order valence-corrected chi connectivity index (χ0v) is 11.7. The molecule has 5 heteroatoms.